The summed E-state index contributed by atoms with van der Waals surface area (Å²) in [5, 5.41) is 7.89. The molecule has 0 atom stereocenters. The van der Waals surface area contributed by atoms with Crippen molar-refractivity contribution in [1.82, 2.24) is 10.2 Å². The molecule has 0 saturated heterocycles. The molecule has 78 valence electrons. The van der Waals surface area contributed by atoms with Crippen molar-refractivity contribution in [2.75, 3.05) is 0 Å². The third kappa shape index (κ3) is 1.65. The molecule has 1 heterocycles. The van der Waals surface area contributed by atoms with Gasteiger partial charge in [-0.05, 0) is 19.1 Å². The lowest BCUT2D eigenvalue weighted by Gasteiger charge is -2.00. The van der Waals surface area contributed by atoms with Gasteiger partial charge in [0.1, 0.15) is 5.69 Å². The third-order valence-electron chi connectivity index (χ3n) is 2.48. The Morgan fingerprint density at radius 1 is 1.40 bits per heavy atom. The highest BCUT2D eigenvalue weighted by Crippen LogP contribution is 2.19. The molecule has 3 nitrogen and oxygen atoms in total. The summed E-state index contributed by atoms with van der Waals surface area (Å²) < 4.78 is 0. The van der Waals surface area contributed by atoms with Crippen LogP contribution in [0, 0.1) is 12.8 Å². The Bertz CT molecular complexity index is 511. The standard InChI is InChI=1S/C12H14N2O/c1-7(2)12(15)11-9-6-8(3)4-5-10(9)13-14-11/h4-7H,1-3H3,(H,13,14). The van der Waals surface area contributed by atoms with E-state index < -0.39 is 0 Å². The van der Waals surface area contributed by atoms with Crippen LogP contribution in [0.4, 0.5) is 0 Å². The Kier molecular flexibility index (Phi) is 2.31. The van der Waals surface area contributed by atoms with Gasteiger partial charge in [0.2, 0.25) is 0 Å². The smallest absolute Gasteiger partial charge is 0.186 e. The van der Waals surface area contributed by atoms with Crippen LogP contribution in [0.15, 0.2) is 18.2 Å². The van der Waals surface area contributed by atoms with Gasteiger partial charge in [-0.2, -0.15) is 5.10 Å². The molecule has 0 saturated carbocycles. The number of aryl methyl sites for hydroxylation is 1. The van der Waals surface area contributed by atoms with E-state index in [-0.39, 0.29) is 11.7 Å². The third-order valence-corrected chi connectivity index (χ3v) is 2.48. The van der Waals surface area contributed by atoms with Crippen LogP contribution in [-0.4, -0.2) is 16.0 Å². The molecule has 2 aromatic rings. The van der Waals surface area contributed by atoms with Crippen LogP contribution in [0.2, 0.25) is 0 Å². The molecule has 0 amide bonds. The molecule has 1 aromatic heterocycles. The minimum absolute atomic E-state index is 0.0167. The Morgan fingerprint density at radius 3 is 2.80 bits per heavy atom. The molecule has 3 heteroatoms. The van der Waals surface area contributed by atoms with Crippen molar-refractivity contribution in [3.8, 4) is 0 Å². The number of aromatic nitrogens is 2. The van der Waals surface area contributed by atoms with Gasteiger partial charge in [-0.3, -0.25) is 9.89 Å². The predicted octanol–water partition coefficient (Wildman–Crippen LogP) is 2.71. The summed E-state index contributed by atoms with van der Waals surface area (Å²) in [7, 11) is 0. The number of ketones is 1. The molecule has 0 spiro atoms. The number of H-pyrrole nitrogens is 1. The second kappa shape index (κ2) is 3.50. The summed E-state index contributed by atoms with van der Waals surface area (Å²) in [6.07, 6.45) is 0. The van der Waals surface area contributed by atoms with Crippen molar-refractivity contribution in [1.29, 1.82) is 0 Å². The van der Waals surface area contributed by atoms with Crippen molar-refractivity contribution >= 4 is 16.7 Å². The number of aromatic amines is 1. The summed E-state index contributed by atoms with van der Waals surface area (Å²) in [6.45, 7) is 5.79. The molecule has 0 aliphatic rings. The summed E-state index contributed by atoms with van der Waals surface area (Å²) >= 11 is 0. The van der Waals surface area contributed by atoms with Gasteiger partial charge in [0.15, 0.2) is 5.78 Å². The van der Waals surface area contributed by atoms with Crippen molar-refractivity contribution in [3.63, 3.8) is 0 Å². The summed E-state index contributed by atoms with van der Waals surface area (Å²) in [6, 6.07) is 5.95. The molecule has 0 fully saturated rings. The quantitative estimate of drug-likeness (QED) is 0.761. The molecule has 0 radical (unpaired) electrons. The summed E-state index contributed by atoms with van der Waals surface area (Å²) in [4.78, 5) is 11.8. The Hall–Kier alpha value is -1.64. The average Bonchev–Trinajstić information content (AvgIpc) is 2.59. The predicted molar refractivity (Wildman–Crippen MR) is 60.0 cm³/mol. The van der Waals surface area contributed by atoms with Crippen molar-refractivity contribution in [2.24, 2.45) is 5.92 Å². The zero-order chi connectivity index (χ0) is 11.0. The molecule has 1 aromatic carbocycles. The number of nitrogens with zero attached hydrogens (tertiary/aromatic N) is 1. The Morgan fingerprint density at radius 2 is 2.13 bits per heavy atom. The van der Waals surface area contributed by atoms with Crippen LogP contribution >= 0.6 is 0 Å². The molecule has 0 unspecified atom stereocenters. The monoisotopic (exact) mass is 202 g/mol. The van der Waals surface area contributed by atoms with E-state index in [1.165, 1.54) is 0 Å². The molecular weight excluding hydrogens is 188 g/mol. The summed E-state index contributed by atoms with van der Waals surface area (Å²) in [5.41, 5.74) is 2.62. The van der Waals surface area contributed by atoms with Crippen LogP contribution in [-0.2, 0) is 0 Å². The number of hydrogen-bond donors (Lipinski definition) is 1. The topological polar surface area (TPSA) is 45.8 Å². The SMILES string of the molecule is Cc1ccc2[nH]nc(C(=O)C(C)C)c2c1. The van der Waals surface area contributed by atoms with E-state index in [2.05, 4.69) is 10.2 Å². The van der Waals surface area contributed by atoms with Gasteiger partial charge in [-0.1, -0.05) is 25.5 Å². The van der Waals surface area contributed by atoms with Gasteiger partial charge < -0.3 is 0 Å². The second-order valence-corrected chi connectivity index (χ2v) is 4.14. The van der Waals surface area contributed by atoms with E-state index in [1.54, 1.807) is 0 Å². The minimum atomic E-state index is -0.0167. The Labute approximate surface area is 88.5 Å². The fourth-order valence-electron chi connectivity index (χ4n) is 1.59. The molecule has 0 bridgehead atoms. The van der Waals surface area contributed by atoms with Crippen molar-refractivity contribution in [3.05, 3.63) is 29.5 Å². The van der Waals surface area contributed by atoms with Crippen LogP contribution < -0.4 is 0 Å². The number of carbonyl (C=O) groups is 1. The van der Waals surface area contributed by atoms with Gasteiger partial charge in [0.05, 0.1) is 5.52 Å². The van der Waals surface area contributed by atoms with Crippen LogP contribution in [0.3, 0.4) is 0 Å². The van der Waals surface area contributed by atoms with Gasteiger partial charge in [0.25, 0.3) is 0 Å². The van der Waals surface area contributed by atoms with Crippen molar-refractivity contribution in [2.45, 2.75) is 20.8 Å². The first kappa shape index (κ1) is 9.90. The Balaban J connectivity index is 2.62. The maximum Gasteiger partial charge on any atom is 0.186 e. The van der Waals surface area contributed by atoms with E-state index in [4.69, 9.17) is 0 Å². The van der Waals surface area contributed by atoms with E-state index in [9.17, 15) is 4.79 Å². The molecule has 2 rings (SSSR count). The number of fused-ring (bicyclic) bond motifs is 1. The first-order valence-corrected chi connectivity index (χ1v) is 5.08. The van der Waals surface area contributed by atoms with E-state index in [0.717, 1.165) is 16.5 Å². The second-order valence-electron chi connectivity index (χ2n) is 4.14. The summed E-state index contributed by atoms with van der Waals surface area (Å²) in [5.74, 6) is 0.0730. The number of rotatable bonds is 2. The highest BCUT2D eigenvalue weighted by Gasteiger charge is 2.16. The minimum Gasteiger partial charge on any atom is -0.292 e. The van der Waals surface area contributed by atoms with Crippen molar-refractivity contribution < 1.29 is 4.79 Å². The lowest BCUT2D eigenvalue weighted by molar-refractivity contribution is 0.0936. The fraction of sp³-hybridized carbons (Fsp3) is 0.333. The maximum atomic E-state index is 11.8. The lowest BCUT2D eigenvalue weighted by atomic mass is 10.0. The van der Waals surface area contributed by atoms with Crippen LogP contribution in [0.25, 0.3) is 10.9 Å². The van der Waals surface area contributed by atoms with E-state index >= 15 is 0 Å². The first-order valence-electron chi connectivity index (χ1n) is 5.08. The zero-order valence-electron chi connectivity index (χ0n) is 9.16. The number of Topliss-reactive ketones (excluding diaryl/α,β-unsaturated/α-hetero) is 1. The van der Waals surface area contributed by atoms with Crippen LogP contribution in [0.5, 0.6) is 0 Å². The van der Waals surface area contributed by atoms with Gasteiger partial charge >= 0.3 is 0 Å². The van der Waals surface area contributed by atoms with Gasteiger partial charge in [-0.15, -0.1) is 0 Å². The average molecular weight is 202 g/mol. The fourth-order valence-corrected chi connectivity index (χ4v) is 1.59. The zero-order valence-corrected chi connectivity index (χ0v) is 9.16. The molecule has 0 aliphatic carbocycles. The molecule has 15 heavy (non-hydrogen) atoms. The lowest BCUT2D eigenvalue weighted by Crippen LogP contribution is -2.08. The maximum absolute atomic E-state index is 11.8. The largest absolute Gasteiger partial charge is 0.292 e. The number of hydrogen-bond acceptors (Lipinski definition) is 2. The highest BCUT2D eigenvalue weighted by molar-refractivity contribution is 6.06. The number of nitrogens with one attached hydrogen (secondary N) is 1. The highest BCUT2D eigenvalue weighted by atomic mass is 16.1. The van der Waals surface area contributed by atoms with Crippen LogP contribution in [0.1, 0.15) is 29.9 Å². The van der Waals surface area contributed by atoms with E-state index in [1.807, 2.05) is 39.0 Å². The molecular formula is C12H14N2O. The van der Waals surface area contributed by atoms with Gasteiger partial charge in [-0.25, -0.2) is 0 Å². The normalized spacial score (nSPS) is 11.2. The first-order chi connectivity index (χ1) is 7.09. The van der Waals surface area contributed by atoms with Gasteiger partial charge in [0, 0.05) is 11.3 Å². The number of carbonyl (C=O) groups excluding carboxylic acids is 1. The van der Waals surface area contributed by atoms with E-state index in [0.29, 0.717) is 5.69 Å². The molecule has 0 aliphatic heterocycles. The molecule has 1 N–H and O–H groups in total. The number of benzene rings is 1.